The lowest BCUT2D eigenvalue weighted by Crippen LogP contribution is -2.33. The van der Waals surface area contributed by atoms with Gasteiger partial charge in [-0.15, -0.1) is 0 Å². The lowest BCUT2D eigenvalue weighted by atomic mass is 10.2. The summed E-state index contributed by atoms with van der Waals surface area (Å²) in [7, 11) is 0. The number of carbonyl (C=O) groups is 2. The fourth-order valence-corrected chi connectivity index (χ4v) is 1.82. The molecule has 0 aliphatic heterocycles. The number of nitrogens with zero attached hydrogens (tertiary/aromatic N) is 1. The number of carbonyl (C=O) groups excluding carboxylic acids is 2. The predicted octanol–water partition coefficient (Wildman–Crippen LogP) is 1.47. The molecule has 0 saturated heterocycles. The largest absolute Gasteiger partial charge is 0.484 e. The molecule has 3 N–H and O–H groups in total. The number of ether oxygens (including phenoxy) is 2. The molecule has 2 aromatic carbocycles. The summed E-state index contributed by atoms with van der Waals surface area (Å²) in [4.78, 5) is 22.6. The van der Waals surface area contributed by atoms with Crippen LogP contribution in [-0.4, -0.2) is 30.7 Å². The van der Waals surface area contributed by atoms with Crippen LogP contribution in [0.4, 0.5) is 0 Å². The van der Waals surface area contributed by atoms with Crippen LogP contribution < -0.4 is 20.6 Å². The van der Waals surface area contributed by atoms with Crippen LogP contribution in [0, 0.1) is 0 Å². The van der Waals surface area contributed by atoms with Crippen molar-refractivity contribution in [2.24, 2.45) is 10.8 Å². The second kappa shape index (κ2) is 9.07. The van der Waals surface area contributed by atoms with Crippen LogP contribution in [0.25, 0.3) is 0 Å². The summed E-state index contributed by atoms with van der Waals surface area (Å²) in [6.45, 7) is 1.46. The Labute approximate surface area is 145 Å². The SMILES string of the molecule is CC(Oc1ccccc1)C(=O)N/N=C\c1ccc(OCC(N)=O)cc1. The molecule has 0 aromatic heterocycles. The van der Waals surface area contributed by atoms with E-state index >= 15 is 0 Å². The maximum atomic E-state index is 11.9. The van der Waals surface area contributed by atoms with Crippen molar-refractivity contribution >= 4 is 18.0 Å². The van der Waals surface area contributed by atoms with Crippen molar-refractivity contribution in [1.29, 1.82) is 0 Å². The number of hydrogen-bond donors (Lipinski definition) is 2. The van der Waals surface area contributed by atoms with E-state index in [1.54, 1.807) is 43.3 Å². The normalized spacial score (nSPS) is 11.7. The molecular weight excluding hydrogens is 322 g/mol. The maximum absolute atomic E-state index is 11.9. The molecule has 7 nitrogen and oxygen atoms in total. The average Bonchev–Trinajstić information content (AvgIpc) is 2.61. The highest BCUT2D eigenvalue weighted by molar-refractivity contribution is 5.84. The fourth-order valence-electron chi connectivity index (χ4n) is 1.82. The molecule has 0 heterocycles. The van der Waals surface area contributed by atoms with Gasteiger partial charge in [-0.3, -0.25) is 9.59 Å². The minimum atomic E-state index is -0.677. The summed E-state index contributed by atoms with van der Waals surface area (Å²) in [6.07, 6.45) is 0.814. The Morgan fingerprint density at radius 1 is 1.12 bits per heavy atom. The van der Waals surface area contributed by atoms with E-state index in [2.05, 4.69) is 10.5 Å². The summed E-state index contributed by atoms with van der Waals surface area (Å²) in [6, 6.07) is 15.9. The van der Waals surface area contributed by atoms with E-state index in [4.69, 9.17) is 15.2 Å². The topological polar surface area (TPSA) is 103 Å². The molecule has 130 valence electrons. The molecule has 0 bridgehead atoms. The third-order valence-electron chi connectivity index (χ3n) is 3.07. The average molecular weight is 341 g/mol. The highest BCUT2D eigenvalue weighted by Crippen LogP contribution is 2.11. The Morgan fingerprint density at radius 3 is 2.44 bits per heavy atom. The van der Waals surface area contributed by atoms with Crippen molar-refractivity contribution in [3.05, 3.63) is 60.2 Å². The molecule has 0 saturated carbocycles. The molecule has 1 unspecified atom stereocenters. The molecule has 1 atom stereocenters. The quantitative estimate of drug-likeness (QED) is 0.560. The second-order valence-corrected chi connectivity index (χ2v) is 5.13. The first kappa shape index (κ1) is 18.0. The number of primary amides is 1. The van der Waals surface area contributed by atoms with Gasteiger partial charge in [0, 0.05) is 0 Å². The van der Waals surface area contributed by atoms with Crippen molar-refractivity contribution in [2.75, 3.05) is 6.61 Å². The second-order valence-electron chi connectivity index (χ2n) is 5.13. The minimum Gasteiger partial charge on any atom is -0.484 e. The number of amides is 2. The van der Waals surface area contributed by atoms with Crippen LogP contribution in [0.2, 0.25) is 0 Å². The fraction of sp³-hybridized carbons (Fsp3) is 0.167. The molecule has 25 heavy (non-hydrogen) atoms. The van der Waals surface area contributed by atoms with Gasteiger partial charge in [-0.25, -0.2) is 5.43 Å². The first-order valence-corrected chi connectivity index (χ1v) is 7.60. The van der Waals surface area contributed by atoms with E-state index < -0.39 is 12.0 Å². The van der Waals surface area contributed by atoms with Crippen molar-refractivity contribution < 1.29 is 19.1 Å². The van der Waals surface area contributed by atoms with Gasteiger partial charge < -0.3 is 15.2 Å². The van der Waals surface area contributed by atoms with Gasteiger partial charge in [-0.1, -0.05) is 18.2 Å². The number of hydrogen-bond acceptors (Lipinski definition) is 5. The zero-order chi connectivity index (χ0) is 18.1. The summed E-state index contributed by atoms with van der Waals surface area (Å²) in [5, 5.41) is 3.89. The molecular formula is C18H19N3O4. The van der Waals surface area contributed by atoms with Crippen molar-refractivity contribution in [1.82, 2.24) is 5.43 Å². The van der Waals surface area contributed by atoms with E-state index in [1.807, 2.05) is 18.2 Å². The van der Waals surface area contributed by atoms with Crippen LogP contribution in [0.1, 0.15) is 12.5 Å². The van der Waals surface area contributed by atoms with Gasteiger partial charge in [0.15, 0.2) is 12.7 Å². The number of rotatable bonds is 8. The van der Waals surface area contributed by atoms with E-state index in [9.17, 15) is 9.59 Å². The Bertz CT molecular complexity index is 730. The zero-order valence-corrected chi connectivity index (χ0v) is 13.7. The number of nitrogens with two attached hydrogens (primary N) is 1. The third kappa shape index (κ3) is 6.34. The standard InChI is InChI=1S/C18H19N3O4/c1-13(25-16-5-3-2-4-6-16)18(23)21-20-11-14-7-9-15(10-8-14)24-12-17(19)22/h2-11,13H,12H2,1H3,(H2,19,22)(H,21,23)/b20-11-. The molecule has 0 aliphatic rings. The van der Waals surface area contributed by atoms with Crippen molar-refractivity contribution in [3.8, 4) is 11.5 Å². The number of benzene rings is 2. The Kier molecular flexibility index (Phi) is 6.53. The molecule has 7 heteroatoms. The summed E-state index contributed by atoms with van der Waals surface area (Å²) in [5.74, 6) is 0.229. The van der Waals surface area contributed by atoms with Crippen molar-refractivity contribution in [3.63, 3.8) is 0 Å². The first-order chi connectivity index (χ1) is 12.0. The van der Waals surface area contributed by atoms with Crippen LogP contribution >= 0.6 is 0 Å². The van der Waals surface area contributed by atoms with Gasteiger partial charge in [-0.2, -0.15) is 5.10 Å². The molecule has 0 fully saturated rings. The van der Waals surface area contributed by atoms with E-state index in [0.717, 1.165) is 5.56 Å². The maximum Gasteiger partial charge on any atom is 0.280 e. The lowest BCUT2D eigenvalue weighted by molar-refractivity contribution is -0.127. The number of hydrazone groups is 1. The van der Waals surface area contributed by atoms with Gasteiger partial charge >= 0.3 is 0 Å². The number of para-hydroxylation sites is 1. The highest BCUT2D eigenvalue weighted by atomic mass is 16.5. The Balaban J connectivity index is 1.81. The van der Waals surface area contributed by atoms with Crippen LogP contribution in [0.15, 0.2) is 59.7 Å². The Morgan fingerprint density at radius 2 is 1.80 bits per heavy atom. The van der Waals surface area contributed by atoms with Gasteiger partial charge in [0.1, 0.15) is 11.5 Å². The Hall–Kier alpha value is -3.35. The van der Waals surface area contributed by atoms with Crippen LogP contribution in [0.3, 0.4) is 0 Å². The molecule has 0 radical (unpaired) electrons. The summed E-state index contributed by atoms with van der Waals surface area (Å²) >= 11 is 0. The van der Waals surface area contributed by atoms with E-state index in [1.165, 1.54) is 6.21 Å². The number of nitrogens with one attached hydrogen (secondary N) is 1. The van der Waals surface area contributed by atoms with E-state index in [0.29, 0.717) is 11.5 Å². The van der Waals surface area contributed by atoms with Crippen LogP contribution in [-0.2, 0) is 9.59 Å². The molecule has 2 amide bonds. The zero-order valence-electron chi connectivity index (χ0n) is 13.7. The highest BCUT2D eigenvalue weighted by Gasteiger charge is 2.13. The summed E-state index contributed by atoms with van der Waals surface area (Å²) < 4.78 is 10.6. The molecule has 0 aliphatic carbocycles. The molecule has 2 aromatic rings. The third-order valence-corrected chi connectivity index (χ3v) is 3.07. The first-order valence-electron chi connectivity index (χ1n) is 7.60. The molecule has 0 spiro atoms. The molecule has 2 rings (SSSR count). The van der Waals surface area contributed by atoms with Gasteiger partial charge in [0.05, 0.1) is 6.21 Å². The van der Waals surface area contributed by atoms with Crippen molar-refractivity contribution in [2.45, 2.75) is 13.0 Å². The smallest absolute Gasteiger partial charge is 0.280 e. The minimum absolute atomic E-state index is 0.178. The van der Waals surface area contributed by atoms with E-state index in [-0.39, 0.29) is 12.5 Å². The van der Waals surface area contributed by atoms with Gasteiger partial charge in [-0.05, 0) is 48.9 Å². The van der Waals surface area contributed by atoms with Gasteiger partial charge in [0.25, 0.3) is 11.8 Å². The summed E-state index contributed by atoms with van der Waals surface area (Å²) in [5.41, 5.74) is 8.17. The lowest BCUT2D eigenvalue weighted by Gasteiger charge is -2.12. The van der Waals surface area contributed by atoms with Gasteiger partial charge in [0.2, 0.25) is 0 Å². The monoisotopic (exact) mass is 341 g/mol. The predicted molar refractivity (Wildman–Crippen MR) is 93.4 cm³/mol. The van der Waals surface area contributed by atoms with Crippen LogP contribution in [0.5, 0.6) is 11.5 Å².